The third kappa shape index (κ3) is 4.22. The van der Waals surface area contributed by atoms with Crippen LogP contribution in [-0.2, 0) is 6.54 Å². The fourth-order valence-electron chi connectivity index (χ4n) is 3.36. The van der Waals surface area contributed by atoms with Gasteiger partial charge in [0.05, 0.1) is 12.1 Å². The zero-order valence-electron chi connectivity index (χ0n) is 17.3. The summed E-state index contributed by atoms with van der Waals surface area (Å²) in [6.07, 6.45) is 3.41. The van der Waals surface area contributed by atoms with Gasteiger partial charge in [0.1, 0.15) is 22.9 Å². The molecule has 0 radical (unpaired) electrons. The van der Waals surface area contributed by atoms with Gasteiger partial charge in [-0.3, -0.25) is 4.79 Å². The molecule has 1 amide bonds. The number of carbonyl (C=O) groups is 1. The van der Waals surface area contributed by atoms with E-state index in [1.807, 2.05) is 55.5 Å². The molecule has 2 N–H and O–H groups in total. The van der Waals surface area contributed by atoms with E-state index in [1.165, 1.54) is 0 Å². The zero-order valence-corrected chi connectivity index (χ0v) is 17.3. The molecular weight excluding hydrogens is 404 g/mol. The van der Waals surface area contributed by atoms with Crippen LogP contribution in [0.3, 0.4) is 0 Å². The predicted molar refractivity (Wildman–Crippen MR) is 122 cm³/mol. The highest BCUT2D eigenvalue weighted by atomic mass is 16.3. The van der Waals surface area contributed by atoms with Crippen molar-refractivity contribution in [2.75, 3.05) is 5.32 Å². The van der Waals surface area contributed by atoms with Crippen LogP contribution in [0.25, 0.3) is 22.3 Å². The van der Waals surface area contributed by atoms with E-state index >= 15 is 0 Å². The third-order valence-corrected chi connectivity index (χ3v) is 4.96. The molecule has 0 fully saturated rings. The Balaban J connectivity index is 1.26. The first-order chi connectivity index (χ1) is 15.6. The topological polar surface area (TPSA) is 93.2 Å². The first-order valence-electron chi connectivity index (χ1n) is 10.2. The van der Waals surface area contributed by atoms with Gasteiger partial charge in [-0.2, -0.15) is 0 Å². The maximum atomic E-state index is 12.5. The summed E-state index contributed by atoms with van der Waals surface area (Å²) in [7, 11) is 0. The molecular formula is C25H20N4O3. The molecule has 0 bridgehead atoms. The van der Waals surface area contributed by atoms with E-state index in [9.17, 15) is 4.79 Å². The van der Waals surface area contributed by atoms with Gasteiger partial charge in [-0.05, 0) is 49.4 Å². The van der Waals surface area contributed by atoms with Gasteiger partial charge in [-0.25, -0.2) is 9.97 Å². The van der Waals surface area contributed by atoms with Crippen LogP contribution in [0, 0.1) is 6.92 Å². The Labute approximate surface area is 184 Å². The zero-order chi connectivity index (χ0) is 21.9. The van der Waals surface area contributed by atoms with E-state index < -0.39 is 0 Å². The summed E-state index contributed by atoms with van der Waals surface area (Å²) in [5, 5.41) is 7.01. The maximum absolute atomic E-state index is 12.5. The van der Waals surface area contributed by atoms with Crippen molar-refractivity contribution in [1.82, 2.24) is 15.3 Å². The Morgan fingerprint density at radius 1 is 0.938 bits per heavy atom. The number of furan rings is 2. The quantitative estimate of drug-likeness (QED) is 0.376. The standard InChI is InChI=1S/C25H20N4O3/c1-16-9-10-21(31-16)15-26-24(30)18-6-4-7-20(11-18)29-25-27-13-19(14-28-25)23-12-17-5-2-3-8-22(17)32-23/h2-14H,15H2,1H3,(H,26,30)(H,27,28,29). The number of fused-ring (bicyclic) bond motifs is 1. The molecule has 2 aromatic carbocycles. The number of aryl methyl sites for hydroxylation is 1. The van der Waals surface area contributed by atoms with Crippen molar-refractivity contribution in [3.05, 3.63) is 96.2 Å². The van der Waals surface area contributed by atoms with Crippen molar-refractivity contribution in [2.45, 2.75) is 13.5 Å². The van der Waals surface area contributed by atoms with Crippen LogP contribution in [0.1, 0.15) is 21.9 Å². The Hall–Kier alpha value is -4.39. The molecule has 0 spiro atoms. The lowest BCUT2D eigenvalue weighted by molar-refractivity contribution is 0.0948. The lowest BCUT2D eigenvalue weighted by Crippen LogP contribution is -2.22. The molecule has 158 valence electrons. The summed E-state index contributed by atoms with van der Waals surface area (Å²) >= 11 is 0. The van der Waals surface area contributed by atoms with E-state index in [2.05, 4.69) is 20.6 Å². The van der Waals surface area contributed by atoms with Gasteiger partial charge in [0.15, 0.2) is 0 Å². The summed E-state index contributed by atoms with van der Waals surface area (Å²) < 4.78 is 11.3. The van der Waals surface area contributed by atoms with Crippen LogP contribution in [0.2, 0.25) is 0 Å². The van der Waals surface area contributed by atoms with Crippen molar-refractivity contribution >= 4 is 28.5 Å². The molecule has 3 heterocycles. The second kappa shape index (κ2) is 8.39. The SMILES string of the molecule is Cc1ccc(CNC(=O)c2cccc(Nc3ncc(-c4cc5ccccc5o4)cn3)c2)o1. The number of aromatic nitrogens is 2. The maximum Gasteiger partial charge on any atom is 0.251 e. The molecule has 5 aromatic rings. The largest absolute Gasteiger partial charge is 0.465 e. The monoisotopic (exact) mass is 424 g/mol. The van der Waals surface area contributed by atoms with E-state index in [0.29, 0.717) is 35.3 Å². The van der Waals surface area contributed by atoms with E-state index in [4.69, 9.17) is 8.83 Å². The number of para-hydroxylation sites is 1. The molecule has 7 nitrogen and oxygen atoms in total. The number of hydrogen-bond acceptors (Lipinski definition) is 6. The van der Waals surface area contributed by atoms with Crippen LogP contribution >= 0.6 is 0 Å². The van der Waals surface area contributed by atoms with Crippen molar-refractivity contribution in [2.24, 2.45) is 0 Å². The Morgan fingerprint density at radius 2 is 1.78 bits per heavy atom. The Bertz CT molecular complexity index is 1350. The molecule has 32 heavy (non-hydrogen) atoms. The second-order valence-corrected chi connectivity index (χ2v) is 7.34. The number of amides is 1. The average Bonchev–Trinajstić information content (AvgIpc) is 3.44. The molecule has 5 rings (SSSR count). The molecule has 3 aromatic heterocycles. The number of anilines is 2. The van der Waals surface area contributed by atoms with Crippen molar-refractivity contribution in [3.8, 4) is 11.3 Å². The van der Waals surface area contributed by atoms with Crippen LogP contribution in [0.4, 0.5) is 11.6 Å². The number of nitrogens with zero attached hydrogens (tertiary/aromatic N) is 2. The van der Waals surface area contributed by atoms with Gasteiger partial charge in [-0.15, -0.1) is 0 Å². The van der Waals surface area contributed by atoms with Crippen LogP contribution in [0.15, 0.2) is 88.0 Å². The summed E-state index contributed by atoms with van der Waals surface area (Å²) in [6.45, 7) is 2.20. The molecule has 0 aliphatic carbocycles. The van der Waals surface area contributed by atoms with Crippen LogP contribution < -0.4 is 10.6 Å². The third-order valence-electron chi connectivity index (χ3n) is 4.96. The summed E-state index contributed by atoms with van der Waals surface area (Å²) in [4.78, 5) is 21.2. The number of hydrogen-bond donors (Lipinski definition) is 2. The number of nitrogens with one attached hydrogen (secondary N) is 2. The fourth-order valence-corrected chi connectivity index (χ4v) is 3.36. The average molecular weight is 424 g/mol. The van der Waals surface area contributed by atoms with E-state index in [-0.39, 0.29) is 5.91 Å². The number of benzene rings is 2. The smallest absolute Gasteiger partial charge is 0.251 e. The van der Waals surface area contributed by atoms with Gasteiger partial charge in [0.2, 0.25) is 5.95 Å². The molecule has 0 saturated carbocycles. The van der Waals surface area contributed by atoms with E-state index in [1.54, 1.807) is 30.6 Å². The van der Waals surface area contributed by atoms with Crippen LogP contribution in [0.5, 0.6) is 0 Å². The minimum atomic E-state index is -0.191. The molecule has 0 unspecified atom stereocenters. The Kier molecular flexibility index (Phi) is 5.13. The summed E-state index contributed by atoms with van der Waals surface area (Å²) in [5.74, 6) is 2.47. The highest BCUT2D eigenvalue weighted by molar-refractivity contribution is 5.95. The molecule has 0 aliphatic rings. The van der Waals surface area contributed by atoms with E-state index in [0.717, 1.165) is 22.3 Å². The molecule has 0 atom stereocenters. The van der Waals surface area contributed by atoms with Crippen molar-refractivity contribution < 1.29 is 13.6 Å². The Morgan fingerprint density at radius 3 is 2.56 bits per heavy atom. The van der Waals surface area contributed by atoms with Gasteiger partial charge >= 0.3 is 0 Å². The highest BCUT2D eigenvalue weighted by Crippen LogP contribution is 2.27. The first kappa shape index (κ1) is 19.6. The molecule has 0 aliphatic heterocycles. The number of carbonyl (C=O) groups excluding carboxylic acids is 1. The van der Waals surface area contributed by atoms with Crippen LogP contribution in [-0.4, -0.2) is 15.9 Å². The van der Waals surface area contributed by atoms with Crippen molar-refractivity contribution in [3.63, 3.8) is 0 Å². The summed E-state index contributed by atoms with van der Waals surface area (Å²) in [5.41, 5.74) is 2.84. The highest BCUT2D eigenvalue weighted by Gasteiger charge is 2.10. The van der Waals surface area contributed by atoms with Gasteiger partial charge in [-0.1, -0.05) is 24.3 Å². The number of rotatable bonds is 6. The van der Waals surface area contributed by atoms with Gasteiger partial charge in [0, 0.05) is 29.0 Å². The lowest BCUT2D eigenvalue weighted by atomic mass is 10.2. The minimum Gasteiger partial charge on any atom is -0.465 e. The minimum absolute atomic E-state index is 0.191. The second-order valence-electron chi connectivity index (χ2n) is 7.34. The first-order valence-corrected chi connectivity index (χ1v) is 10.2. The normalized spacial score (nSPS) is 10.9. The molecule has 7 heteroatoms. The summed E-state index contributed by atoms with van der Waals surface area (Å²) in [6, 6.07) is 20.7. The lowest BCUT2D eigenvalue weighted by Gasteiger charge is -2.08. The fraction of sp³-hybridized carbons (Fsp3) is 0.0800. The molecule has 0 saturated heterocycles. The van der Waals surface area contributed by atoms with Gasteiger partial charge < -0.3 is 19.5 Å². The predicted octanol–water partition coefficient (Wildman–Crippen LogP) is 5.46. The van der Waals surface area contributed by atoms with Crippen molar-refractivity contribution in [1.29, 1.82) is 0 Å². The van der Waals surface area contributed by atoms with Gasteiger partial charge in [0.25, 0.3) is 5.91 Å².